The van der Waals surface area contributed by atoms with Crippen molar-refractivity contribution < 1.29 is 222 Å². The third kappa shape index (κ3) is 20.3. The van der Waals surface area contributed by atoms with Crippen molar-refractivity contribution in [2.45, 2.75) is 311 Å². The van der Waals surface area contributed by atoms with Crippen molar-refractivity contribution >= 4 is 23.6 Å². The number of ether oxygens (including phenoxy) is 17. The van der Waals surface area contributed by atoms with Gasteiger partial charge in [0.15, 0.2) is 56.6 Å². The predicted octanol–water partition coefficient (Wildman–Crippen LogP) is -19.0. The molecule has 49 heteroatoms. The monoisotopic (exact) mass is 1620 g/mol. The lowest BCUT2D eigenvalue weighted by atomic mass is 9.93. The van der Waals surface area contributed by atoms with Crippen LogP contribution < -0.4 is 21.3 Å². The number of rotatable bonds is 28. The first-order valence-electron chi connectivity index (χ1n) is 35.5. The number of amides is 4. The fraction of sp³-hybridized carbons (Fsp3) is 0.935. The molecule has 0 aromatic carbocycles. The van der Waals surface area contributed by atoms with Crippen molar-refractivity contribution in [3.8, 4) is 0 Å². The van der Waals surface area contributed by atoms with Gasteiger partial charge in [-0.3, -0.25) is 19.2 Å². The second-order valence-electron chi connectivity index (χ2n) is 28.2. The molecule has 0 spiro atoms. The Morgan fingerprint density at radius 1 is 0.252 bits per heavy atom. The maximum absolute atomic E-state index is 13.2. The molecule has 9 aliphatic heterocycles. The zero-order valence-electron chi connectivity index (χ0n) is 59.9. The van der Waals surface area contributed by atoms with Gasteiger partial charge in [-0.1, -0.05) is 0 Å². The van der Waals surface area contributed by atoms with Crippen LogP contribution in [0.3, 0.4) is 0 Å². The molecule has 0 saturated carbocycles. The Morgan fingerprint density at radius 2 is 0.559 bits per heavy atom. The number of aliphatic hydroxyl groups excluding tert-OH is 24. The molecule has 0 aliphatic carbocycles. The van der Waals surface area contributed by atoms with E-state index >= 15 is 0 Å². The summed E-state index contributed by atoms with van der Waals surface area (Å²) < 4.78 is 101. The molecule has 0 bridgehead atoms. The van der Waals surface area contributed by atoms with E-state index in [0.717, 1.165) is 27.7 Å². The molecule has 642 valence electrons. The highest BCUT2D eigenvalue weighted by atomic mass is 16.8. The van der Waals surface area contributed by atoms with Gasteiger partial charge in [0.1, 0.15) is 213 Å². The van der Waals surface area contributed by atoms with Crippen LogP contribution in [-0.2, 0) is 99.7 Å². The molecular formula is C62H104N4O45. The Kier molecular flexibility index (Phi) is 32.6. The number of aliphatic hydroxyl groups is 24. The van der Waals surface area contributed by atoms with Gasteiger partial charge in [0.2, 0.25) is 23.6 Å². The number of carbonyl (C=O) groups is 4. The lowest BCUT2D eigenvalue weighted by molar-refractivity contribution is -0.396. The van der Waals surface area contributed by atoms with Gasteiger partial charge in [0, 0.05) is 27.7 Å². The minimum absolute atomic E-state index is 0.827. The fourth-order valence-corrected chi connectivity index (χ4v) is 14.3. The summed E-state index contributed by atoms with van der Waals surface area (Å²) >= 11 is 0. The highest BCUT2D eigenvalue weighted by molar-refractivity contribution is 5.74. The average Bonchev–Trinajstić information content (AvgIpc) is 0.774. The molecule has 9 rings (SSSR count). The average molecular weight is 1630 g/mol. The van der Waals surface area contributed by atoms with Crippen molar-refractivity contribution in [3.63, 3.8) is 0 Å². The van der Waals surface area contributed by atoms with E-state index in [0.29, 0.717) is 0 Å². The van der Waals surface area contributed by atoms with Gasteiger partial charge >= 0.3 is 0 Å². The zero-order chi connectivity index (χ0) is 81.8. The molecular weight excluding hydrogens is 1520 g/mol. The maximum atomic E-state index is 13.2. The van der Waals surface area contributed by atoms with Crippen molar-refractivity contribution in [2.24, 2.45) is 0 Å². The van der Waals surface area contributed by atoms with Crippen LogP contribution in [-0.4, -0.2) is 475 Å². The maximum Gasteiger partial charge on any atom is 0.217 e. The molecule has 0 unspecified atom stereocenters. The molecule has 9 aliphatic rings. The summed E-state index contributed by atoms with van der Waals surface area (Å²) in [5.74, 6) is -3.59. The summed E-state index contributed by atoms with van der Waals surface area (Å²) in [5, 5.41) is 276. The molecule has 0 radical (unpaired) electrons. The van der Waals surface area contributed by atoms with E-state index in [1.54, 1.807) is 0 Å². The highest BCUT2D eigenvalue weighted by Crippen LogP contribution is 2.40. The van der Waals surface area contributed by atoms with Crippen LogP contribution in [0.5, 0.6) is 0 Å². The number of nitrogens with one attached hydrogen (secondary N) is 4. The topological polar surface area (TPSA) is 759 Å². The summed E-state index contributed by atoms with van der Waals surface area (Å²) in [6.07, 6.45) is -83.2. The number of carbonyl (C=O) groups excluding carboxylic acids is 4. The van der Waals surface area contributed by atoms with Crippen molar-refractivity contribution in [2.75, 3.05) is 52.9 Å². The van der Waals surface area contributed by atoms with Gasteiger partial charge in [0.05, 0.1) is 59.0 Å². The van der Waals surface area contributed by atoms with Gasteiger partial charge in [-0.15, -0.1) is 0 Å². The predicted molar refractivity (Wildman–Crippen MR) is 342 cm³/mol. The Balaban J connectivity index is 1.05. The molecule has 0 aromatic heterocycles. The van der Waals surface area contributed by atoms with E-state index in [4.69, 9.17) is 80.5 Å². The van der Waals surface area contributed by atoms with Crippen molar-refractivity contribution in [3.05, 3.63) is 0 Å². The SMILES string of the molecule is CC(=O)N[C@@H]1[C@@H](O)[C@H](O[C@@H]2O[C@H](CO)[C@@H](O[C@@H]3O[C@H](CO[C@H]4O[C@H](CO)[C@@H](O)[C@H](O)[C@@H]4O[C@@H]4O[C@H](CO)[C@@H](O[C@@H]5O[C@H](CO)[C@H](O)[C@H](O)[C@H]5O)[C@H](O)[C@H]4NC(C)=O)[C@@H](O)[C@H](O[C@H]4O[C@H](CO)[C@@H](O)[C@H](O)[C@@H]4O[C@@H]4O[C@H](CO)[C@@H](O)[C@H](O)[C@H]4NC(C)=O)[C@@H]3O)[C@H](O)[C@H]2NC(C)=O)[C@@H](CO[C@@H]2O[C@@H](C)[C@@H](O)[C@@H](O)[C@@H]2O)O[C@@H]1O. The quantitative estimate of drug-likeness (QED) is 0.0346. The molecule has 0 aromatic rings. The molecule has 49 nitrogen and oxygen atoms in total. The molecule has 9 saturated heterocycles. The third-order valence-electron chi connectivity index (χ3n) is 20.3. The van der Waals surface area contributed by atoms with Crippen LogP contribution in [0, 0.1) is 0 Å². The summed E-state index contributed by atoms with van der Waals surface area (Å²) in [5.41, 5.74) is 0. The van der Waals surface area contributed by atoms with E-state index in [-0.39, 0.29) is 0 Å². The third-order valence-corrected chi connectivity index (χ3v) is 20.3. The first-order chi connectivity index (χ1) is 52.4. The Labute approximate surface area is 629 Å². The lowest BCUT2D eigenvalue weighted by Crippen LogP contribution is -2.71. The fourth-order valence-electron chi connectivity index (χ4n) is 14.3. The van der Waals surface area contributed by atoms with E-state index in [1.165, 1.54) is 6.92 Å². The molecule has 111 heavy (non-hydrogen) atoms. The van der Waals surface area contributed by atoms with Crippen LogP contribution in [0.2, 0.25) is 0 Å². The van der Waals surface area contributed by atoms with Gasteiger partial charge in [-0.25, -0.2) is 0 Å². The van der Waals surface area contributed by atoms with E-state index in [2.05, 4.69) is 21.3 Å². The molecule has 4 amide bonds. The smallest absolute Gasteiger partial charge is 0.217 e. The van der Waals surface area contributed by atoms with Gasteiger partial charge in [-0.05, 0) is 6.92 Å². The Bertz CT molecular complexity index is 2950. The highest BCUT2D eigenvalue weighted by Gasteiger charge is 2.61. The Hall–Kier alpha value is -3.76. The minimum atomic E-state index is -2.55. The zero-order valence-corrected chi connectivity index (χ0v) is 59.9. The lowest BCUT2D eigenvalue weighted by Gasteiger charge is -2.51. The first-order valence-corrected chi connectivity index (χ1v) is 35.5. The normalized spacial score (nSPS) is 49.3. The van der Waals surface area contributed by atoms with Crippen LogP contribution in [0.4, 0.5) is 0 Å². The van der Waals surface area contributed by atoms with E-state index in [1.807, 2.05) is 0 Å². The number of hydrogen-bond acceptors (Lipinski definition) is 45. The van der Waals surface area contributed by atoms with E-state index < -0.39 is 353 Å². The molecule has 9 heterocycles. The Morgan fingerprint density at radius 3 is 1.03 bits per heavy atom. The van der Waals surface area contributed by atoms with Crippen LogP contribution >= 0.6 is 0 Å². The molecule has 28 N–H and O–H groups in total. The van der Waals surface area contributed by atoms with Gasteiger partial charge in [-0.2, -0.15) is 0 Å². The van der Waals surface area contributed by atoms with Gasteiger partial charge < -0.3 is 224 Å². The summed E-state index contributed by atoms with van der Waals surface area (Å²) in [6.45, 7) is -3.36. The summed E-state index contributed by atoms with van der Waals surface area (Å²) in [7, 11) is 0. The van der Waals surface area contributed by atoms with Crippen molar-refractivity contribution in [1.82, 2.24) is 21.3 Å². The minimum Gasteiger partial charge on any atom is -0.394 e. The first kappa shape index (κ1) is 91.1. The standard InChI is InChI=1S/C62H104N4O45/c1-14-31(77)41(87)45(91)58(97-14)95-13-26-50(38(84)27(54(94)98-26)63-15(2)73)106-56-29(65-17(4)75)39(85)49(24(11-72)103-56)108-60-47(93)51(109-62-53(44(90)35(81)22(9-70)102-62)111-55-28(64-16(3)74)37(83)32(78)19(6-67)99-55)36(82)25(105-60)12-96-61-52(43(89)34(80)21(8-69)101-61)110-57-30(66-18(5)76)40(86)48(23(10-71)104-57)107-59-46(92)42(88)33(79)20(7-68)100-59/h14,19-62,67-72,77-94H,6-13H2,1-5H3,(H,63,73)(H,64,74)(H,65,75)(H,66,76)/t14-,19+,20+,21+,22+,23+,24+,25+,26+,27+,28+,29+,30+,31+,32+,33-,34+,35+,36+,37+,38+,39+,40+,41+,42-,43-,44-,45-,46+,47-,48+,49+,50+,51-,52-,53-,54-,55-,56-,57-,58+,59-,60-,61-,62+/m0/s1. The number of hydrogen-bond donors (Lipinski definition) is 28. The second-order valence-corrected chi connectivity index (χ2v) is 28.2. The second kappa shape index (κ2) is 39.7. The molecule has 45 atom stereocenters. The van der Waals surface area contributed by atoms with Crippen molar-refractivity contribution in [1.29, 1.82) is 0 Å². The largest absolute Gasteiger partial charge is 0.394 e. The molecule has 9 fully saturated rings. The van der Waals surface area contributed by atoms with Crippen LogP contribution in [0.15, 0.2) is 0 Å². The summed E-state index contributed by atoms with van der Waals surface area (Å²) in [4.78, 5) is 50.9. The van der Waals surface area contributed by atoms with Gasteiger partial charge in [0.25, 0.3) is 0 Å². The summed E-state index contributed by atoms with van der Waals surface area (Å²) in [6, 6.07) is -7.39. The van der Waals surface area contributed by atoms with Crippen LogP contribution in [0.25, 0.3) is 0 Å². The van der Waals surface area contributed by atoms with E-state index in [9.17, 15) is 142 Å². The van der Waals surface area contributed by atoms with Crippen LogP contribution in [0.1, 0.15) is 34.6 Å².